The van der Waals surface area contributed by atoms with Gasteiger partial charge in [-0.15, -0.1) is 11.3 Å². The highest BCUT2D eigenvalue weighted by Gasteiger charge is 2.30. The number of halogens is 1. The number of amides is 1. The van der Waals surface area contributed by atoms with Gasteiger partial charge in [-0.1, -0.05) is 23.7 Å². The minimum Gasteiger partial charge on any atom is -0.336 e. The Morgan fingerprint density at radius 3 is 2.20 bits per heavy atom. The van der Waals surface area contributed by atoms with Crippen LogP contribution in [0.15, 0.2) is 58.8 Å². The van der Waals surface area contributed by atoms with Gasteiger partial charge in [0.1, 0.15) is 5.01 Å². The molecule has 0 spiro atoms. The molecule has 2 heterocycles. The molecule has 0 radical (unpaired) electrons. The van der Waals surface area contributed by atoms with E-state index in [0.29, 0.717) is 23.7 Å². The molecule has 1 amide bonds. The summed E-state index contributed by atoms with van der Waals surface area (Å²) in [6, 6.07) is 13.5. The highest BCUT2D eigenvalue weighted by Crippen LogP contribution is 2.25. The molecular formula is C21H20ClN3O3S2. The summed E-state index contributed by atoms with van der Waals surface area (Å²) in [7, 11) is -3.60. The molecule has 0 N–H and O–H groups in total. The number of piperazine rings is 1. The summed E-state index contributed by atoms with van der Waals surface area (Å²) in [5.74, 6) is -0.0968. The number of sulfonamides is 1. The second-order valence-corrected chi connectivity index (χ2v) is 10.3. The first-order chi connectivity index (χ1) is 14.3. The number of thiazole rings is 1. The van der Waals surface area contributed by atoms with Crippen LogP contribution >= 0.6 is 22.9 Å². The maximum atomic E-state index is 12.8. The fourth-order valence-corrected chi connectivity index (χ4v) is 5.66. The summed E-state index contributed by atoms with van der Waals surface area (Å²) in [6.45, 7) is 3.16. The van der Waals surface area contributed by atoms with E-state index in [0.717, 1.165) is 16.3 Å². The molecular weight excluding hydrogens is 442 g/mol. The van der Waals surface area contributed by atoms with Crippen molar-refractivity contribution in [2.45, 2.75) is 11.8 Å². The van der Waals surface area contributed by atoms with Gasteiger partial charge in [-0.25, -0.2) is 13.4 Å². The summed E-state index contributed by atoms with van der Waals surface area (Å²) in [5.41, 5.74) is 2.53. The molecule has 156 valence electrons. The lowest BCUT2D eigenvalue weighted by Crippen LogP contribution is -2.50. The van der Waals surface area contributed by atoms with E-state index in [-0.39, 0.29) is 23.9 Å². The first kappa shape index (κ1) is 21.0. The smallest absolute Gasteiger partial charge is 0.253 e. The Morgan fingerprint density at radius 1 is 1.00 bits per heavy atom. The predicted octanol–water partition coefficient (Wildman–Crippen LogP) is 3.92. The van der Waals surface area contributed by atoms with Crippen molar-refractivity contribution in [3.8, 4) is 10.6 Å². The number of carbonyl (C=O) groups is 1. The first-order valence-electron chi connectivity index (χ1n) is 9.42. The predicted molar refractivity (Wildman–Crippen MR) is 118 cm³/mol. The van der Waals surface area contributed by atoms with Gasteiger partial charge in [0.15, 0.2) is 0 Å². The lowest BCUT2D eigenvalue weighted by Gasteiger charge is -2.34. The molecule has 0 atom stereocenters. The average molecular weight is 462 g/mol. The van der Waals surface area contributed by atoms with Crippen LogP contribution in [0.25, 0.3) is 10.6 Å². The van der Waals surface area contributed by atoms with Crippen LogP contribution in [0.1, 0.15) is 16.1 Å². The van der Waals surface area contributed by atoms with Crippen molar-refractivity contribution < 1.29 is 13.2 Å². The van der Waals surface area contributed by atoms with Crippen molar-refractivity contribution in [1.82, 2.24) is 14.2 Å². The Bertz CT molecular complexity index is 1150. The zero-order valence-corrected chi connectivity index (χ0v) is 18.7. The first-order valence-corrected chi connectivity index (χ1v) is 12.1. The maximum Gasteiger partial charge on any atom is 0.253 e. The number of hydrogen-bond donors (Lipinski definition) is 0. The lowest BCUT2D eigenvalue weighted by atomic mass is 10.1. The average Bonchev–Trinajstić information content (AvgIpc) is 3.20. The molecule has 1 saturated heterocycles. The van der Waals surface area contributed by atoms with Gasteiger partial charge in [0.25, 0.3) is 5.91 Å². The van der Waals surface area contributed by atoms with Crippen LogP contribution in [0, 0.1) is 6.92 Å². The van der Waals surface area contributed by atoms with Crippen LogP contribution in [-0.4, -0.2) is 54.7 Å². The topological polar surface area (TPSA) is 70.6 Å². The van der Waals surface area contributed by atoms with Gasteiger partial charge in [-0.05, 0) is 43.3 Å². The third kappa shape index (κ3) is 4.27. The Kier molecular flexibility index (Phi) is 5.92. The number of hydrogen-bond acceptors (Lipinski definition) is 5. The third-order valence-electron chi connectivity index (χ3n) is 4.98. The summed E-state index contributed by atoms with van der Waals surface area (Å²) >= 11 is 7.42. The molecule has 0 unspecified atom stereocenters. The van der Waals surface area contributed by atoms with Gasteiger partial charge in [0.05, 0.1) is 4.90 Å². The van der Waals surface area contributed by atoms with Crippen molar-refractivity contribution in [1.29, 1.82) is 0 Å². The molecule has 1 fully saturated rings. The number of benzene rings is 2. The van der Waals surface area contributed by atoms with Crippen LogP contribution in [-0.2, 0) is 10.0 Å². The Balaban J connectivity index is 1.41. The highest BCUT2D eigenvalue weighted by atomic mass is 35.5. The van der Waals surface area contributed by atoms with Crippen LogP contribution in [0.4, 0.5) is 0 Å². The number of aromatic nitrogens is 1. The second kappa shape index (κ2) is 8.47. The van der Waals surface area contributed by atoms with Crippen molar-refractivity contribution in [3.05, 3.63) is 70.2 Å². The van der Waals surface area contributed by atoms with Crippen molar-refractivity contribution >= 4 is 38.9 Å². The van der Waals surface area contributed by atoms with Gasteiger partial charge >= 0.3 is 0 Å². The van der Waals surface area contributed by atoms with Gasteiger partial charge in [0.2, 0.25) is 10.0 Å². The van der Waals surface area contributed by atoms with Crippen molar-refractivity contribution in [3.63, 3.8) is 0 Å². The third-order valence-corrected chi connectivity index (χ3v) is 8.15. The summed E-state index contributed by atoms with van der Waals surface area (Å²) in [5, 5.41) is 3.40. The number of aryl methyl sites for hydroxylation is 1. The molecule has 6 nitrogen and oxygen atoms in total. The van der Waals surface area contributed by atoms with Gasteiger partial charge < -0.3 is 4.90 Å². The largest absolute Gasteiger partial charge is 0.336 e. The van der Waals surface area contributed by atoms with E-state index in [4.69, 9.17) is 11.6 Å². The molecule has 9 heteroatoms. The van der Waals surface area contributed by atoms with Crippen molar-refractivity contribution in [2.24, 2.45) is 0 Å². The molecule has 1 aliphatic rings. The number of rotatable bonds is 4. The van der Waals surface area contributed by atoms with Crippen LogP contribution in [0.3, 0.4) is 0 Å². The summed E-state index contributed by atoms with van der Waals surface area (Å²) in [4.78, 5) is 19.2. The van der Waals surface area contributed by atoms with Crippen LogP contribution < -0.4 is 0 Å². The Hall–Kier alpha value is -2.26. The minimum atomic E-state index is -3.60. The van der Waals surface area contributed by atoms with E-state index >= 15 is 0 Å². The van der Waals surface area contributed by atoms with Crippen LogP contribution in [0.5, 0.6) is 0 Å². The normalized spacial score (nSPS) is 15.3. The van der Waals surface area contributed by atoms with Gasteiger partial charge in [0, 0.05) is 53.4 Å². The van der Waals surface area contributed by atoms with E-state index in [2.05, 4.69) is 4.98 Å². The van der Waals surface area contributed by atoms with E-state index in [1.165, 1.54) is 16.4 Å². The van der Waals surface area contributed by atoms with E-state index < -0.39 is 10.0 Å². The molecule has 1 aromatic heterocycles. The zero-order chi connectivity index (χ0) is 21.3. The second-order valence-electron chi connectivity index (χ2n) is 7.02. The number of carbonyl (C=O) groups excluding carboxylic acids is 1. The quantitative estimate of drug-likeness (QED) is 0.590. The fourth-order valence-electron chi connectivity index (χ4n) is 3.31. The Morgan fingerprint density at radius 2 is 1.63 bits per heavy atom. The molecule has 0 aliphatic carbocycles. The van der Waals surface area contributed by atoms with E-state index in [1.54, 1.807) is 40.5 Å². The summed E-state index contributed by atoms with van der Waals surface area (Å²) < 4.78 is 27.0. The Labute approximate surface area is 184 Å². The molecule has 4 rings (SSSR count). The molecule has 30 heavy (non-hydrogen) atoms. The molecule has 0 saturated carbocycles. The minimum absolute atomic E-state index is 0.0968. The molecule has 1 aliphatic heterocycles. The molecule has 2 aromatic carbocycles. The lowest BCUT2D eigenvalue weighted by molar-refractivity contribution is 0.0698. The molecule has 0 bridgehead atoms. The van der Waals surface area contributed by atoms with Gasteiger partial charge in [-0.3, -0.25) is 4.79 Å². The summed E-state index contributed by atoms with van der Waals surface area (Å²) in [6.07, 6.45) is 0. The van der Waals surface area contributed by atoms with Crippen molar-refractivity contribution in [2.75, 3.05) is 26.2 Å². The monoisotopic (exact) mass is 461 g/mol. The maximum absolute atomic E-state index is 12.8. The SMILES string of the molecule is Cc1csc(-c2ccc(C(=O)N3CCN(S(=O)(=O)c4ccc(Cl)cc4)CC3)cc2)n1. The van der Waals surface area contributed by atoms with E-state index in [9.17, 15) is 13.2 Å². The fraction of sp³-hybridized carbons (Fsp3) is 0.238. The highest BCUT2D eigenvalue weighted by molar-refractivity contribution is 7.89. The van der Waals surface area contributed by atoms with Gasteiger partial charge in [-0.2, -0.15) is 4.31 Å². The molecule has 3 aromatic rings. The zero-order valence-electron chi connectivity index (χ0n) is 16.3. The van der Waals surface area contributed by atoms with Crippen LogP contribution in [0.2, 0.25) is 5.02 Å². The van der Waals surface area contributed by atoms with E-state index in [1.807, 2.05) is 24.4 Å². The standard InChI is InChI=1S/C21H20ClN3O3S2/c1-15-14-29-20(23-15)16-2-4-17(5-3-16)21(26)24-10-12-25(13-11-24)30(27,28)19-8-6-18(22)7-9-19/h2-9,14H,10-13H2,1H3. The number of nitrogens with zero attached hydrogens (tertiary/aromatic N) is 3.